The molecule has 6 heteroatoms. The van der Waals surface area contributed by atoms with Crippen molar-refractivity contribution < 1.29 is 14.3 Å². The van der Waals surface area contributed by atoms with Gasteiger partial charge in [-0.2, -0.15) is 0 Å². The third-order valence-electron chi connectivity index (χ3n) is 5.05. The molecule has 0 aliphatic heterocycles. The van der Waals surface area contributed by atoms with Crippen molar-refractivity contribution in [2.24, 2.45) is 0 Å². The second-order valence-corrected chi connectivity index (χ2v) is 8.56. The number of halogens is 1. The van der Waals surface area contributed by atoms with Crippen LogP contribution in [0.2, 0.25) is 5.02 Å². The number of nitrogens with zero attached hydrogens (tertiary/aromatic N) is 1. The minimum atomic E-state index is -0.708. The van der Waals surface area contributed by atoms with Gasteiger partial charge in [0.05, 0.1) is 0 Å². The summed E-state index contributed by atoms with van der Waals surface area (Å²) in [6.07, 6.45) is 0.386. The minimum absolute atomic E-state index is 0.0561. The third kappa shape index (κ3) is 7.65. The molecule has 172 valence electrons. The number of hydrogen-bond acceptors (Lipinski definition) is 3. The van der Waals surface area contributed by atoms with Crippen LogP contribution < -0.4 is 10.1 Å². The average Bonchev–Trinajstić information content (AvgIpc) is 2.80. The van der Waals surface area contributed by atoms with Gasteiger partial charge >= 0.3 is 0 Å². The first-order valence-electron chi connectivity index (χ1n) is 11.0. The molecule has 3 rings (SSSR count). The lowest BCUT2D eigenvalue weighted by molar-refractivity contribution is -0.143. The summed E-state index contributed by atoms with van der Waals surface area (Å²) in [6.45, 7) is 3.86. The Hall–Kier alpha value is -3.31. The molecular formula is C27H29ClN2O3. The molecule has 0 bridgehead atoms. The Balaban J connectivity index is 1.90. The van der Waals surface area contributed by atoms with Gasteiger partial charge in [0, 0.05) is 24.0 Å². The predicted octanol–water partition coefficient (Wildman–Crippen LogP) is 4.88. The minimum Gasteiger partial charge on any atom is -0.484 e. The molecule has 1 N–H and O–H groups in total. The summed E-state index contributed by atoms with van der Waals surface area (Å²) in [4.78, 5) is 28.3. The maximum atomic E-state index is 13.4. The Labute approximate surface area is 200 Å². The van der Waals surface area contributed by atoms with Gasteiger partial charge in [0.15, 0.2) is 6.61 Å². The average molecular weight is 465 g/mol. The third-order valence-corrected chi connectivity index (χ3v) is 5.28. The van der Waals surface area contributed by atoms with E-state index in [-0.39, 0.29) is 31.0 Å². The molecule has 3 aromatic rings. The molecule has 0 saturated carbocycles. The highest BCUT2D eigenvalue weighted by atomic mass is 35.5. The topological polar surface area (TPSA) is 58.6 Å². The summed E-state index contributed by atoms with van der Waals surface area (Å²) in [5.41, 5.74) is 1.81. The highest BCUT2D eigenvalue weighted by Crippen LogP contribution is 2.18. The van der Waals surface area contributed by atoms with Crippen molar-refractivity contribution in [2.75, 3.05) is 6.61 Å². The van der Waals surface area contributed by atoms with E-state index >= 15 is 0 Å². The van der Waals surface area contributed by atoms with E-state index < -0.39 is 6.04 Å². The summed E-state index contributed by atoms with van der Waals surface area (Å²) in [7, 11) is 0. The first-order chi connectivity index (χ1) is 15.9. The number of carbonyl (C=O) groups excluding carboxylic acids is 2. The Morgan fingerprint density at radius 1 is 0.909 bits per heavy atom. The van der Waals surface area contributed by atoms with Gasteiger partial charge in [-0.05, 0) is 49.2 Å². The van der Waals surface area contributed by atoms with Gasteiger partial charge in [0.1, 0.15) is 11.8 Å². The van der Waals surface area contributed by atoms with Crippen LogP contribution in [0, 0.1) is 0 Å². The Morgan fingerprint density at radius 3 is 2.18 bits per heavy atom. The summed E-state index contributed by atoms with van der Waals surface area (Å²) < 4.78 is 5.72. The lowest BCUT2D eigenvalue weighted by Crippen LogP contribution is -2.52. The maximum Gasteiger partial charge on any atom is 0.261 e. The van der Waals surface area contributed by atoms with E-state index in [1.54, 1.807) is 29.2 Å². The number of rotatable bonds is 10. The first kappa shape index (κ1) is 24.3. The van der Waals surface area contributed by atoms with Gasteiger partial charge in [0.2, 0.25) is 5.91 Å². The maximum absolute atomic E-state index is 13.4. The fourth-order valence-electron chi connectivity index (χ4n) is 3.51. The van der Waals surface area contributed by atoms with E-state index in [9.17, 15) is 9.59 Å². The van der Waals surface area contributed by atoms with Crippen molar-refractivity contribution in [3.8, 4) is 5.75 Å². The summed E-state index contributed by atoms with van der Waals surface area (Å²) in [5, 5.41) is 3.55. The van der Waals surface area contributed by atoms with Crippen LogP contribution in [-0.2, 0) is 22.6 Å². The van der Waals surface area contributed by atoms with Crippen LogP contribution in [0.4, 0.5) is 0 Å². The van der Waals surface area contributed by atoms with E-state index in [1.807, 2.05) is 74.5 Å². The molecule has 0 unspecified atom stereocenters. The van der Waals surface area contributed by atoms with E-state index in [0.717, 1.165) is 11.1 Å². The van der Waals surface area contributed by atoms with Crippen molar-refractivity contribution in [1.82, 2.24) is 10.2 Å². The van der Waals surface area contributed by atoms with Crippen LogP contribution in [0.25, 0.3) is 0 Å². The van der Waals surface area contributed by atoms with Crippen LogP contribution in [-0.4, -0.2) is 35.4 Å². The smallest absolute Gasteiger partial charge is 0.261 e. The number of benzene rings is 3. The van der Waals surface area contributed by atoms with Gasteiger partial charge in [-0.1, -0.05) is 72.3 Å². The van der Waals surface area contributed by atoms with Crippen LogP contribution in [0.5, 0.6) is 5.75 Å². The SMILES string of the molecule is CC(C)NC(=O)[C@@H](Cc1ccccc1)N(Cc1cccc(Cl)c1)C(=O)COc1ccccc1. The largest absolute Gasteiger partial charge is 0.484 e. The van der Waals surface area contributed by atoms with Crippen LogP contribution >= 0.6 is 11.6 Å². The molecule has 5 nitrogen and oxygen atoms in total. The molecule has 0 saturated heterocycles. The number of nitrogens with one attached hydrogen (secondary N) is 1. The van der Waals surface area contributed by atoms with Gasteiger partial charge in [0.25, 0.3) is 5.91 Å². The Kier molecular flexibility index (Phi) is 8.90. The zero-order chi connectivity index (χ0) is 23.6. The van der Waals surface area contributed by atoms with E-state index in [4.69, 9.17) is 16.3 Å². The van der Waals surface area contributed by atoms with E-state index in [1.165, 1.54) is 0 Å². The zero-order valence-corrected chi connectivity index (χ0v) is 19.7. The number of ether oxygens (including phenoxy) is 1. The number of para-hydroxylation sites is 1. The second-order valence-electron chi connectivity index (χ2n) is 8.12. The normalized spacial score (nSPS) is 11.6. The lowest BCUT2D eigenvalue weighted by atomic mass is 10.0. The van der Waals surface area contributed by atoms with Crippen molar-refractivity contribution in [3.05, 3.63) is 101 Å². The molecule has 0 radical (unpaired) electrons. The molecule has 0 aliphatic carbocycles. The van der Waals surface area contributed by atoms with Gasteiger partial charge in [-0.25, -0.2) is 0 Å². The first-order valence-corrected chi connectivity index (χ1v) is 11.4. The molecule has 0 aliphatic rings. The highest BCUT2D eigenvalue weighted by Gasteiger charge is 2.31. The van der Waals surface area contributed by atoms with Gasteiger partial charge in [-0.3, -0.25) is 9.59 Å². The van der Waals surface area contributed by atoms with Gasteiger partial charge in [-0.15, -0.1) is 0 Å². The van der Waals surface area contributed by atoms with Gasteiger partial charge < -0.3 is 15.0 Å². The van der Waals surface area contributed by atoms with Crippen molar-refractivity contribution in [1.29, 1.82) is 0 Å². The van der Waals surface area contributed by atoms with E-state index in [0.29, 0.717) is 17.2 Å². The molecular weight excluding hydrogens is 436 g/mol. The molecule has 2 amide bonds. The molecule has 0 aromatic heterocycles. The summed E-state index contributed by atoms with van der Waals surface area (Å²) in [6, 6.07) is 25.4. The number of amides is 2. The van der Waals surface area contributed by atoms with Crippen molar-refractivity contribution in [3.63, 3.8) is 0 Å². The standard InChI is InChI=1S/C27H29ClN2O3/c1-20(2)29-27(32)25(17-21-10-5-3-6-11-21)30(18-22-12-9-13-23(28)16-22)26(31)19-33-24-14-7-4-8-15-24/h3-16,20,25H,17-19H2,1-2H3,(H,29,32)/t25-/m1/s1. The highest BCUT2D eigenvalue weighted by molar-refractivity contribution is 6.30. The number of hydrogen-bond donors (Lipinski definition) is 1. The Bertz CT molecular complexity index is 1040. The molecule has 0 heterocycles. The molecule has 0 spiro atoms. The van der Waals surface area contributed by atoms with Crippen LogP contribution in [0.3, 0.4) is 0 Å². The lowest BCUT2D eigenvalue weighted by Gasteiger charge is -2.32. The number of carbonyl (C=O) groups is 2. The van der Waals surface area contributed by atoms with Crippen LogP contribution in [0.1, 0.15) is 25.0 Å². The molecule has 33 heavy (non-hydrogen) atoms. The van der Waals surface area contributed by atoms with Crippen LogP contribution in [0.15, 0.2) is 84.9 Å². The zero-order valence-electron chi connectivity index (χ0n) is 18.9. The Morgan fingerprint density at radius 2 is 1.55 bits per heavy atom. The fourth-order valence-corrected chi connectivity index (χ4v) is 3.72. The predicted molar refractivity (Wildman–Crippen MR) is 131 cm³/mol. The molecule has 3 aromatic carbocycles. The molecule has 0 fully saturated rings. The second kappa shape index (κ2) is 12.1. The van der Waals surface area contributed by atoms with Crippen molar-refractivity contribution >= 4 is 23.4 Å². The summed E-state index contributed by atoms with van der Waals surface area (Å²) in [5.74, 6) is 0.113. The van der Waals surface area contributed by atoms with E-state index in [2.05, 4.69) is 5.32 Å². The van der Waals surface area contributed by atoms with Crippen molar-refractivity contribution in [2.45, 2.75) is 38.9 Å². The fraction of sp³-hybridized carbons (Fsp3) is 0.259. The monoisotopic (exact) mass is 464 g/mol. The summed E-state index contributed by atoms with van der Waals surface area (Å²) >= 11 is 6.18. The quantitative estimate of drug-likeness (QED) is 0.465. The molecule has 1 atom stereocenters.